The summed E-state index contributed by atoms with van der Waals surface area (Å²) in [5.74, 6) is -1.02. The van der Waals surface area contributed by atoms with E-state index in [9.17, 15) is 4.79 Å². The zero-order valence-electron chi connectivity index (χ0n) is 7.51. The molecule has 0 aliphatic rings. The van der Waals surface area contributed by atoms with Gasteiger partial charge in [-0.2, -0.15) is 0 Å². The topological polar surface area (TPSA) is 63.3 Å². The predicted octanol–water partition coefficient (Wildman–Crippen LogP) is 2.82. The lowest BCUT2D eigenvalue weighted by Crippen LogP contribution is -2.32. The summed E-state index contributed by atoms with van der Waals surface area (Å²) in [4.78, 5) is 10.6. The largest absolute Gasteiger partial charge is 0.480 e. The Labute approximate surface area is 109 Å². The standard InChI is InChI=1S/C9H8Br2ClNO2/c10-5-1-4(2-6(11)8(5)12)3-7(13)9(14)15/h1-2,7H,3,13H2,(H,14,15)/t7-/m1/s1. The smallest absolute Gasteiger partial charge is 0.320 e. The Morgan fingerprint density at radius 2 is 1.93 bits per heavy atom. The van der Waals surface area contributed by atoms with Gasteiger partial charge in [-0.1, -0.05) is 11.6 Å². The molecule has 0 heterocycles. The van der Waals surface area contributed by atoms with Gasteiger partial charge in [0.25, 0.3) is 0 Å². The van der Waals surface area contributed by atoms with Crippen LogP contribution in [-0.4, -0.2) is 17.1 Å². The van der Waals surface area contributed by atoms with Crippen molar-refractivity contribution in [2.24, 2.45) is 5.73 Å². The molecule has 0 aliphatic carbocycles. The molecule has 0 bridgehead atoms. The summed E-state index contributed by atoms with van der Waals surface area (Å²) < 4.78 is 1.43. The molecule has 0 amide bonds. The minimum Gasteiger partial charge on any atom is -0.480 e. The van der Waals surface area contributed by atoms with Crippen molar-refractivity contribution in [1.82, 2.24) is 0 Å². The van der Waals surface area contributed by atoms with Crippen molar-refractivity contribution in [3.05, 3.63) is 31.7 Å². The van der Waals surface area contributed by atoms with Crippen LogP contribution in [0.15, 0.2) is 21.1 Å². The molecule has 0 radical (unpaired) electrons. The minimum absolute atomic E-state index is 0.268. The molecule has 3 N–H and O–H groups in total. The Kier molecular flexibility index (Phi) is 4.58. The monoisotopic (exact) mass is 355 g/mol. The van der Waals surface area contributed by atoms with Crippen LogP contribution < -0.4 is 5.73 Å². The summed E-state index contributed by atoms with van der Waals surface area (Å²) in [5.41, 5.74) is 6.24. The lowest BCUT2D eigenvalue weighted by Gasteiger charge is -2.08. The van der Waals surface area contributed by atoms with Crippen LogP contribution in [0.1, 0.15) is 5.56 Å². The summed E-state index contributed by atoms with van der Waals surface area (Å²) in [7, 11) is 0. The van der Waals surface area contributed by atoms with Gasteiger partial charge in [0.2, 0.25) is 0 Å². The predicted molar refractivity (Wildman–Crippen MR) is 66.2 cm³/mol. The number of benzene rings is 1. The average Bonchev–Trinajstić information content (AvgIpc) is 2.13. The second kappa shape index (κ2) is 5.30. The van der Waals surface area contributed by atoms with Gasteiger partial charge in [-0.15, -0.1) is 0 Å². The van der Waals surface area contributed by atoms with Crippen molar-refractivity contribution in [2.45, 2.75) is 12.5 Å². The van der Waals surface area contributed by atoms with Gasteiger partial charge in [-0.05, 0) is 56.0 Å². The van der Waals surface area contributed by atoms with Gasteiger partial charge in [-0.3, -0.25) is 4.79 Å². The van der Waals surface area contributed by atoms with Crippen molar-refractivity contribution in [3.8, 4) is 0 Å². The van der Waals surface area contributed by atoms with Crippen LogP contribution in [0.3, 0.4) is 0 Å². The van der Waals surface area contributed by atoms with E-state index >= 15 is 0 Å². The highest BCUT2D eigenvalue weighted by atomic mass is 79.9. The first-order valence-corrected chi connectivity index (χ1v) is 6.00. The second-order valence-electron chi connectivity index (χ2n) is 3.02. The molecule has 0 saturated heterocycles. The van der Waals surface area contributed by atoms with E-state index in [4.69, 9.17) is 22.4 Å². The quantitative estimate of drug-likeness (QED) is 0.818. The van der Waals surface area contributed by atoms with Gasteiger partial charge in [0.15, 0.2) is 0 Å². The van der Waals surface area contributed by atoms with Crippen molar-refractivity contribution in [1.29, 1.82) is 0 Å². The van der Waals surface area contributed by atoms with Crippen LogP contribution >= 0.6 is 43.5 Å². The molecule has 0 aliphatic heterocycles. The van der Waals surface area contributed by atoms with E-state index in [1.807, 2.05) is 0 Å². The first kappa shape index (κ1) is 13.0. The molecule has 6 heteroatoms. The molecule has 0 saturated carbocycles. The zero-order chi connectivity index (χ0) is 11.6. The maximum absolute atomic E-state index is 10.6. The molecule has 1 atom stereocenters. The summed E-state index contributed by atoms with van der Waals surface area (Å²) in [6.45, 7) is 0. The van der Waals surface area contributed by atoms with E-state index in [2.05, 4.69) is 31.9 Å². The number of nitrogens with two attached hydrogens (primary N) is 1. The Balaban J connectivity index is 2.92. The summed E-state index contributed by atoms with van der Waals surface area (Å²) in [6.07, 6.45) is 0.268. The van der Waals surface area contributed by atoms with Gasteiger partial charge in [0.05, 0.1) is 5.02 Å². The number of hydrogen-bond acceptors (Lipinski definition) is 2. The zero-order valence-corrected chi connectivity index (χ0v) is 11.4. The fraction of sp³-hybridized carbons (Fsp3) is 0.222. The maximum atomic E-state index is 10.6. The van der Waals surface area contributed by atoms with Crippen molar-refractivity contribution >= 4 is 49.4 Å². The number of carbonyl (C=O) groups is 1. The van der Waals surface area contributed by atoms with E-state index in [-0.39, 0.29) is 6.42 Å². The molecule has 0 fully saturated rings. The molecule has 3 nitrogen and oxygen atoms in total. The second-order valence-corrected chi connectivity index (χ2v) is 5.11. The fourth-order valence-corrected chi connectivity index (χ4v) is 2.46. The van der Waals surface area contributed by atoms with Gasteiger partial charge < -0.3 is 10.8 Å². The highest BCUT2D eigenvalue weighted by Gasteiger charge is 2.14. The van der Waals surface area contributed by atoms with Gasteiger partial charge in [0.1, 0.15) is 6.04 Å². The van der Waals surface area contributed by atoms with E-state index in [1.165, 1.54) is 0 Å². The number of rotatable bonds is 3. The molecular weight excluding hydrogens is 349 g/mol. The number of hydrogen-bond donors (Lipinski definition) is 2. The molecule has 82 valence electrons. The highest BCUT2D eigenvalue weighted by Crippen LogP contribution is 2.32. The van der Waals surface area contributed by atoms with Gasteiger partial charge in [-0.25, -0.2) is 0 Å². The van der Waals surface area contributed by atoms with E-state index in [1.54, 1.807) is 12.1 Å². The van der Waals surface area contributed by atoms with Crippen LogP contribution in [0.4, 0.5) is 0 Å². The average molecular weight is 357 g/mol. The van der Waals surface area contributed by atoms with Crippen LogP contribution in [0.5, 0.6) is 0 Å². The summed E-state index contributed by atoms with van der Waals surface area (Å²) in [6, 6.07) is 2.62. The summed E-state index contributed by atoms with van der Waals surface area (Å²) in [5, 5.41) is 9.22. The summed E-state index contributed by atoms with van der Waals surface area (Å²) >= 11 is 12.5. The molecule has 0 unspecified atom stereocenters. The Bertz CT molecular complexity index is 375. The van der Waals surface area contributed by atoms with E-state index in [0.717, 1.165) is 5.56 Å². The highest BCUT2D eigenvalue weighted by molar-refractivity contribution is 9.11. The molecule has 0 aromatic heterocycles. The number of carboxylic acid groups (broad SMARTS) is 1. The maximum Gasteiger partial charge on any atom is 0.320 e. The lowest BCUT2D eigenvalue weighted by atomic mass is 10.1. The normalized spacial score (nSPS) is 12.5. The lowest BCUT2D eigenvalue weighted by molar-refractivity contribution is -0.138. The number of carboxylic acids is 1. The van der Waals surface area contributed by atoms with Crippen LogP contribution in [0, 0.1) is 0 Å². The number of halogens is 3. The van der Waals surface area contributed by atoms with Crippen molar-refractivity contribution in [2.75, 3.05) is 0 Å². The molecule has 15 heavy (non-hydrogen) atoms. The Hall–Kier alpha value is -0.100. The van der Waals surface area contributed by atoms with Gasteiger partial charge >= 0.3 is 5.97 Å². The minimum atomic E-state index is -1.02. The molecular formula is C9H8Br2ClNO2. The molecule has 0 spiro atoms. The Morgan fingerprint density at radius 3 is 2.33 bits per heavy atom. The fourth-order valence-electron chi connectivity index (χ4n) is 1.07. The third kappa shape index (κ3) is 3.45. The first-order chi connectivity index (χ1) is 6.91. The van der Waals surface area contributed by atoms with Crippen LogP contribution in [0.25, 0.3) is 0 Å². The third-order valence-electron chi connectivity index (χ3n) is 1.82. The van der Waals surface area contributed by atoms with E-state index < -0.39 is 12.0 Å². The van der Waals surface area contributed by atoms with Crippen molar-refractivity contribution in [3.63, 3.8) is 0 Å². The van der Waals surface area contributed by atoms with Gasteiger partial charge in [0, 0.05) is 8.95 Å². The number of aliphatic carboxylic acids is 1. The molecule has 1 aromatic rings. The van der Waals surface area contributed by atoms with Crippen molar-refractivity contribution < 1.29 is 9.90 Å². The van der Waals surface area contributed by atoms with Crippen LogP contribution in [-0.2, 0) is 11.2 Å². The van der Waals surface area contributed by atoms with E-state index in [0.29, 0.717) is 14.0 Å². The molecule has 1 rings (SSSR count). The molecule has 1 aromatic carbocycles. The SMILES string of the molecule is N[C@H](Cc1cc(Br)c(Cl)c(Br)c1)C(=O)O. The van der Waals surface area contributed by atoms with Crippen LogP contribution in [0.2, 0.25) is 5.02 Å². The Morgan fingerprint density at radius 1 is 1.47 bits per heavy atom. The first-order valence-electron chi connectivity index (χ1n) is 4.03. The third-order valence-corrected chi connectivity index (χ3v) is 3.93.